The van der Waals surface area contributed by atoms with Crippen LogP contribution in [0.2, 0.25) is 13.1 Å². The van der Waals surface area contributed by atoms with Crippen molar-refractivity contribution in [2.45, 2.75) is 111 Å². The molecule has 1 aliphatic heterocycles. The Morgan fingerprint density at radius 3 is 1.68 bits per heavy atom. The van der Waals surface area contributed by atoms with Crippen LogP contribution in [0.3, 0.4) is 0 Å². The molecule has 0 spiro atoms. The van der Waals surface area contributed by atoms with Crippen molar-refractivity contribution >= 4 is 62.1 Å². The SMILES string of the molecule is CC(C)c1cccc2c1-c1ccccc1[Si]2(C)C.CC(C)c1cccc2c1C(C)(C)c1ccccc1-2.CC(C)c1cccc2c3ccccc3n(-c3ccccc3)c12.CC(C)c1nc2ccc3ccccc3c2nc1-c1ccccc1. The topological polar surface area (TPSA) is 30.7 Å². The molecule has 2 aromatic heterocycles. The highest BCUT2D eigenvalue weighted by molar-refractivity contribution is 7.03. The molecule has 1 aliphatic carbocycles. The molecule has 2 aliphatic rings. The van der Waals surface area contributed by atoms with E-state index in [0.29, 0.717) is 23.7 Å². The summed E-state index contributed by atoms with van der Waals surface area (Å²) in [5.74, 6) is 1.99. The van der Waals surface area contributed by atoms with Crippen molar-refractivity contribution in [2.24, 2.45) is 0 Å². The van der Waals surface area contributed by atoms with Gasteiger partial charge in [-0.3, -0.25) is 0 Å². The first-order chi connectivity index (χ1) is 39.1. The summed E-state index contributed by atoms with van der Waals surface area (Å²) in [5.41, 5.74) is 22.4. The number of hydrogen-bond acceptors (Lipinski definition) is 2. The molecule has 0 atom stereocenters. The average Bonchev–Trinajstić information content (AvgIpc) is 3.61. The molecule has 0 radical (unpaired) electrons. The van der Waals surface area contributed by atoms with Gasteiger partial charge in [-0.15, -0.1) is 0 Å². The Morgan fingerprint density at radius 1 is 0.420 bits per heavy atom. The molecule has 81 heavy (non-hydrogen) atoms. The summed E-state index contributed by atoms with van der Waals surface area (Å²) in [6, 6.07) is 80.4. The zero-order valence-electron chi connectivity index (χ0n) is 49.5. The molecule has 0 unspecified atom stereocenters. The van der Waals surface area contributed by atoms with Gasteiger partial charge in [0.15, 0.2) is 0 Å². The summed E-state index contributed by atoms with van der Waals surface area (Å²) in [5, 5.41) is 8.24. The predicted molar refractivity (Wildman–Crippen MR) is 352 cm³/mol. The van der Waals surface area contributed by atoms with Gasteiger partial charge in [0, 0.05) is 32.8 Å². The third-order valence-corrected chi connectivity index (χ3v) is 20.6. The molecular weight excluding hydrogens is 995 g/mol. The number of fused-ring (bicyclic) bond motifs is 12. The lowest BCUT2D eigenvalue weighted by atomic mass is 9.78. The molecule has 3 nitrogen and oxygen atoms in total. The van der Waals surface area contributed by atoms with E-state index in [4.69, 9.17) is 9.97 Å². The van der Waals surface area contributed by atoms with Gasteiger partial charge in [-0.05, 0) is 114 Å². The average molecular weight is 1070 g/mol. The van der Waals surface area contributed by atoms with Crippen molar-refractivity contribution in [2.75, 3.05) is 0 Å². The zero-order chi connectivity index (χ0) is 56.7. The van der Waals surface area contributed by atoms with E-state index in [0.717, 1.165) is 33.4 Å². The van der Waals surface area contributed by atoms with E-state index in [1.807, 2.05) is 6.07 Å². The Hall–Kier alpha value is -8.18. The van der Waals surface area contributed by atoms with Crippen LogP contribution >= 0.6 is 0 Å². The summed E-state index contributed by atoms with van der Waals surface area (Å²) in [6.45, 7) is 27.7. The molecule has 12 aromatic rings. The quantitative estimate of drug-likeness (QED) is 0.123. The van der Waals surface area contributed by atoms with Crippen molar-refractivity contribution in [3.8, 4) is 39.2 Å². The summed E-state index contributed by atoms with van der Waals surface area (Å²) < 4.78 is 2.40. The van der Waals surface area contributed by atoms with Gasteiger partial charge in [0.25, 0.3) is 0 Å². The maximum Gasteiger partial charge on any atom is 0.113 e. The minimum absolute atomic E-state index is 0.132. The van der Waals surface area contributed by atoms with Crippen LogP contribution < -0.4 is 10.4 Å². The van der Waals surface area contributed by atoms with E-state index < -0.39 is 8.07 Å². The Kier molecular flexibility index (Phi) is 15.1. The van der Waals surface area contributed by atoms with Crippen molar-refractivity contribution in [1.82, 2.24) is 14.5 Å². The Bertz CT molecular complexity index is 4240. The molecular formula is C77H77N3Si. The monoisotopic (exact) mass is 1070 g/mol. The maximum absolute atomic E-state index is 5.03. The van der Waals surface area contributed by atoms with E-state index in [-0.39, 0.29) is 5.41 Å². The summed E-state index contributed by atoms with van der Waals surface area (Å²) in [6.07, 6.45) is 0. The van der Waals surface area contributed by atoms with Crippen LogP contribution in [0.25, 0.3) is 82.8 Å². The molecule has 0 amide bonds. The van der Waals surface area contributed by atoms with Crippen molar-refractivity contribution in [3.05, 3.63) is 258 Å². The lowest BCUT2D eigenvalue weighted by Crippen LogP contribution is -2.49. The Labute approximate surface area is 482 Å². The minimum atomic E-state index is -1.46. The van der Waals surface area contributed by atoms with E-state index in [1.165, 1.54) is 77.4 Å². The lowest BCUT2D eigenvalue weighted by molar-refractivity contribution is 0.642. The fraction of sp³-hybridized carbons (Fsp3) is 0.221. The van der Waals surface area contributed by atoms with Crippen molar-refractivity contribution < 1.29 is 0 Å². The van der Waals surface area contributed by atoms with Gasteiger partial charge in [-0.1, -0.05) is 283 Å². The normalized spacial score (nSPS) is 13.3. The number of para-hydroxylation sites is 3. The molecule has 0 fully saturated rings. The van der Waals surface area contributed by atoms with E-state index in [1.54, 1.807) is 15.9 Å². The van der Waals surface area contributed by atoms with Gasteiger partial charge in [0.1, 0.15) is 8.07 Å². The van der Waals surface area contributed by atoms with Gasteiger partial charge in [0.2, 0.25) is 0 Å². The second-order valence-electron chi connectivity index (χ2n) is 24.4. The highest BCUT2D eigenvalue weighted by Crippen LogP contribution is 2.51. The van der Waals surface area contributed by atoms with Crippen LogP contribution in [0.1, 0.15) is 126 Å². The zero-order valence-corrected chi connectivity index (χ0v) is 50.5. The number of rotatable bonds is 6. The molecule has 0 saturated carbocycles. The summed E-state index contributed by atoms with van der Waals surface area (Å²) in [4.78, 5) is 9.97. The number of aromatic nitrogens is 3. The van der Waals surface area contributed by atoms with Gasteiger partial charge in [-0.25, -0.2) is 9.97 Å². The first kappa shape index (κ1) is 54.8. The molecule has 14 rings (SSSR count). The third-order valence-electron chi connectivity index (χ3n) is 17.0. The highest BCUT2D eigenvalue weighted by Gasteiger charge is 2.39. The Morgan fingerprint density at radius 2 is 0.963 bits per heavy atom. The first-order valence-corrected chi connectivity index (χ1v) is 32.4. The van der Waals surface area contributed by atoms with E-state index in [9.17, 15) is 0 Å². The van der Waals surface area contributed by atoms with Gasteiger partial charge in [0.05, 0.1) is 33.5 Å². The van der Waals surface area contributed by atoms with Crippen LogP contribution in [-0.4, -0.2) is 22.6 Å². The fourth-order valence-corrected chi connectivity index (χ4v) is 16.1. The standard InChI is InChI=1S/C21H18N2.C21H19N.C18H20.C17H20Si/c1-14(2)19-20(16-9-4-3-5-10-16)23-21-17-11-7-6-8-15(17)12-13-18(21)22-19;1-15(2)17-12-8-13-19-18-11-6-7-14-20(18)22(21(17)19)16-9-4-3-5-10-16;1-12(2)13-9-7-10-15-14-8-5-6-11-16(14)18(3,4)17(13)15;1-12(2)13-9-7-11-16-17(13)14-8-5-6-10-15(14)18(16,3)4/h3-14H,1-2H3;3-15H,1-2H3;2*5-12H,1-4H3. The molecule has 4 heteroatoms. The number of benzene rings is 10. The predicted octanol–water partition coefficient (Wildman–Crippen LogP) is 20.2. The minimum Gasteiger partial charge on any atom is -0.309 e. The summed E-state index contributed by atoms with van der Waals surface area (Å²) in [7, 11) is -1.46. The second kappa shape index (κ2) is 22.4. The third kappa shape index (κ3) is 10.0. The fourth-order valence-electron chi connectivity index (χ4n) is 13.0. The number of nitrogens with zero attached hydrogens (tertiary/aromatic N) is 3. The molecule has 0 saturated heterocycles. The number of hydrogen-bond donors (Lipinski definition) is 0. The van der Waals surface area contributed by atoms with Crippen LogP contribution in [-0.2, 0) is 5.41 Å². The van der Waals surface area contributed by atoms with E-state index >= 15 is 0 Å². The van der Waals surface area contributed by atoms with Gasteiger partial charge < -0.3 is 4.57 Å². The van der Waals surface area contributed by atoms with Crippen LogP contribution in [0, 0.1) is 0 Å². The first-order valence-electron chi connectivity index (χ1n) is 29.4. The van der Waals surface area contributed by atoms with Gasteiger partial charge in [-0.2, -0.15) is 0 Å². The summed E-state index contributed by atoms with van der Waals surface area (Å²) >= 11 is 0. The molecule has 3 heterocycles. The molecule has 404 valence electrons. The van der Waals surface area contributed by atoms with Crippen molar-refractivity contribution in [3.63, 3.8) is 0 Å². The molecule has 0 N–H and O–H groups in total. The molecule has 0 bridgehead atoms. The van der Waals surface area contributed by atoms with Crippen LogP contribution in [0.15, 0.2) is 224 Å². The maximum atomic E-state index is 5.03. The van der Waals surface area contributed by atoms with Crippen molar-refractivity contribution in [1.29, 1.82) is 0 Å². The van der Waals surface area contributed by atoms with Gasteiger partial charge >= 0.3 is 0 Å². The van der Waals surface area contributed by atoms with Crippen LogP contribution in [0.5, 0.6) is 0 Å². The smallest absolute Gasteiger partial charge is 0.113 e. The Balaban J connectivity index is 0.000000114. The highest BCUT2D eigenvalue weighted by atomic mass is 28.3. The van der Waals surface area contributed by atoms with E-state index in [2.05, 4.69) is 305 Å². The van der Waals surface area contributed by atoms with Crippen LogP contribution in [0.4, 0.5) is 0 Å². The largest absolute Gasteiger partial charge is 0.309 e. The second-order valence-corrected chi connectivity index (χ2v) is 28.7. The lowest BCUT2D eigenvalue weighted by Gasteiger charge is -2.25. The molecule has 10 aromatic carbocycles.